The first-order chi connectivity index (χ1) is 9.67. The summed E-state index contributed by atoms with van der Waals surface area (Å²) in [6.07, 6.45) is 0.706. The van der Waals surface area contributed by atoms with Gasteiger partial charge in [-0.1, -0.05) is 24.3 Å². The van der Waals surface area contributed by atoms with E-state index in [-0.39, 0.29) is 19.3 Å². The number of benzene rings is 1. The molecule has 0 bridgehead atoms. The quantitative estimate of drug-likeness (QED) is 0.849. The topological polar surface area (TPSA) is 56.6 Å². The van der Waals surface area contributed by atoms with E-state index in [0.29, 0.717) is 12.1 Å². The molecular formula is C16H22N2O2. The molecule has 2 N–H and O–H groups in total. The average Bonchev–Trinajstić information content (AvgIpc) is 2.46. The number of rotatable bonds is 6. The average molecular weight is 274 g/mol. The van der Waals surface area contributed by atoms with Crippen molar-refractivity contribution in [2.75, 3.05) is 18.1 Å². The monoisotopic (exact) mass is 274 g/mol. The van der Waals surface area contributed by atoms with Crippen LogP contribution in [0.2, 0.25) is 0 Å². The molecule has 0 fully saturated rings. The van der Waals surface area contributed by atoms with Crippen molar-refractivity contribution in [2.45, 2.75) is 32.9 Å². The number of fused-ring (bicyclic) bond motifs is 1. The molecule has 0 atom stereocenters. The van der Waals surface area contributed by atoms with Gasteiger partial charge in [0, 0.05) is 24.6 Å². The van der Waals surface area contributed by atoms with Gasteiger partial charge in [0.25, 0.3) is 0 Å². The molecule has 4 nitrogen and oxygen atoms in total. The summed E-state index contributed by atoms with van der Waals surface area (Å²) in [5.74, 6) is 0.885. The SMILES string of the molecule is CC(C)N(CCCO)c1nc(CO)cc2ccccc12. The fourth-order valence-corrected chi connectivity index (χ4v) is 2.38. The zero-order chi connectivity index (χ0) is 14.5. The molecule has 20 heavy (non-hydrogen) atoms. The Morgan fingerprint density at radius 1 is 1.20 bits per heavy atom. The Balaban J connectivity index is 2.53. The molecule has 108 valence electrons. The smallest absolute Gasteiger partial charge is 0.137 e. The number of hydrogen-bond acceptors (Lipinski definition) is 4. The molecule has 2 rings (SSSR count). The number of aliphatic hydroxyl groups excluding tert-OH is 2. The van der Waals surface area contributed by atoms with Crippen molar-refractivity contribution in [1.82, 2.24) is 4.98 Å². The second-order valence-corrected chi connectivity index (χ2v) is 5.18. The molecule has 4 heteroatoms. The van der Waals surface area contributed by atoms with Crippen LogP contribution >= 0.6 is 0 Å². The molecule has 0 saturated heterocycles. The van der Waals surface area contributed by atoms with Crippen LogP contribution in [0.15, 0.2) is 30.3 Å². The number of aliphatic hydroxyl groups is 2. The molecule has 0 aliphatic carbocycles. The number of anilines is 1. The van der Waals surface area contributed by atoms with Crippen LogP contribution in [0.1, 0.15) is 26.0 Å². The van der Waals surface area contributed by atoms with E-state index >= 15 is 0 Å². The minimum Gasteiger partial charge on any atom is -0.396 e. The zero-order valence-electron chi connectivity index (χ0n) is 12.1. The van der Waals surface area contributed by atoms with Crippen molar-refractivity contribution in [3.05, 3.63) is 36.0 Å². The fraction of sp³-hybridized carbons (Fsp3) is 0.438. The van der Waals surface area contributed by atoms with Crippen LogP contribution in [0.25, 0.3) is 10.8 Å². The predicted octanol–water partition coefficient (Wildman–Crippen LogP) is 2.32. The summed E-state index contributed by atoms with van der Waals surface area (Å²) in [6, 6.07) is 10.3. The van der Waals surface area contributed by atoms with Crippen LogP contribution < -0.4 is 4.90 Å². The number of hydrogen-bond donors (Lipinski definition) is 2. The highest BCUT2D eigenvalue weighted by Crippen LogP contribution is 2.27. The van der Waals surface area contributed by atoms with Gasteiger partial charge in [0.15, 0.2) is 0 Å². The normalized spacial score (nSPS) is 11.2. The molecule has 0 saturated carbocycles. The van der Waals surface area contributed by atoms with Crippen molar-refractivity contribution in [3.8, 4) is 0 Å². The van der Waals surface area contributed by atoms with Gasteiger partial charge in [0.2, 0.25) is 0 Å². The molecule has 0 aliphatic rings. The maximum Gasteiger partial charge on any atom is 0.137 e. The van der Waals surface area contributed by atoms with Gasteiger partial charge in [-0.05, 0) is 31.7 Å². The van der Waals surface area contributed by atoms with Crippen LogP contribution in [-0.2, 0) is 6.61 Å². The summed E-state index contributed by atoms with van der Waals surface area (Å²) in [6.45, 7) is 5.07. The molecule has 1 aromatic carbocycles. The lowest BCUT2D eigenvalue weighted by molar-refractivity contribution is 0.277. The predicted molar refractivity (Wildman–Crippen MR) is 81.9 cm³/mol. The van der Waals surface area contributed by atoms with Gasteiger partial charge in [-0.25, -0.2) is 4.98 Å². The maximum absolute atomic E-state index is 9.40. The second kappa shape index (κ2) is 6.68. The summed E-state index contributed by atoms with van der Waals surface area (Å²) >= 11 is 0. The third-order valence-corrected chi connectivity index (χ3v) is 3.39. The van der Waals surface area contributed by atoms with E-state index in [1.807, 2.05) is 30.3 Å². The van der Waals surface area contributed by atoms with Crippen molar-refractivity contribution >= 4 is 16.6 Å². The Bertz CT molecular complexity index is 569. The molecule has 0 spiro atoms. The molecule has 0 amide bonds. The number of pyridine rings is 1. The molecular weight excluding hydrogens is 252 g/mol. The lowest BCUT2D eigenvalue weighted by Crippen LogP contribution is -2.33. The minimum absolute atomic E-state index is 0.0657. The molecule has 0 aliphatic heterocycles. The first-order valence-electron chi connectivity index (χ1n) is 7.04. The van der Waals surface area contributed by atoms with Crippen LogP contribution in [0.4, 0.5) is 5.82 Å². The number of nitrogens with zero attached hydrogens (tertiary/aromatic N) is 2. The Morgan fingerprint density at radius 3 is 2.60 bits per heavy atom. The highest BCUT2D eigenvalue weighted by Gasteiger charge is 2.15. The molecule has 0 radical (unpaired) electrons. The Morgan fingerprint density at radius 2 is 1.95 bits per heavy atom. The van der Waals surface area contributed by atoms with Gasteiger partial charge < -0.3 is 15.1 Å². The van der Waals surface area contributed by atoms with Crippen LogP contribution in [0, 0.1) is 0 Å². The van der Waals surface area contributed by atoms with Crippen LogP contribution in [0.3, 0.4) is 0 Å². The summed E-state index contributed by atoms with van der Waals surface area (Å²) < 4.78 is 0. The standard InChI is InChI=1S/C16H22N2O2/c1-12(2)18(8-5-9-19)16-15-7-4-3-6-13(15)10-14(11-20)17-16/h3-4,6-7,10,12,19-20H,5,8-9,11H2,1-2H3. The van der Waals surface area contributed by atoms with E-state index < -0.39 is 0 Å². The zero-order valence-corrected chi connectivity index (χ0v) is 12.1. The van der Waals surface area contributed by atoms with Gasteiger partial charge in [0.05, 0.1) is 12.3 Å². The minimum atomic E-state index is -0.0657. The first-order valence-corrected chi connectivity index (χ1v) is 7.04. The van der Waals surface area contributed by atoms with E-state index in [1.54, 1.807) is 0 Å². The summed E-state index contributed by atoms with van der Waals surface area (Å²) in [7, 11) is 0. The molecule has 1 aromatic heterocycles. The lowest BCUT2D eigenvalue weighted by atomic mass is 10.1. The van der Waals surface area contributed by atoms with Crippen molar-refractivity contribution < 1.29 is 10.2 Å². The van der Waals surface area contributed by atoms with Crippen molar-refractivity contribution in [2.24, 2.45) is 0 Å². The Labute approximate surface area is 119 Å². The molecule has 0 unspecified atom stereocenters. The Kier molecular flexibility index (Phi) is 4.93. The van der Waals surface area contributed by atoms with Gasteiger partial charge in [-0.2, -0.15) is 0 Å². The van der Waals surface area contributed by atoms with E-state index in [4.69, 9.17) is 5.11 Å². The molecule has 1 heterocycles. The Hall–Kier alpha value is -1.65. The van der Waals surface area contributed by atoms with E-state index in [2.05, 4.69) is 23.7 Å². The van der Waals surface area contributed by atoms with Crippen LogP contribution in [0.5, 0.6) is 0 Å². The highest BCUT2D eigenvalue weighted by molar-refractivity contribution is 5.92. The second-order valence-electron chi connectivity index (χ2n) is 5.18. The van der Waals surface area contributed by atoms with Crippen molar-refractivity contribution in [1.29, 1.82) is 0 Å². The first kappa shape index (κ1) is 14.8. The van der Waals surface area contributed by atoms with Gasteiger partial charge >= 0.3 is 0 Å². The van der Waals surface area contributed by atoms with Crippen LogP contribution in [-0.4, -0.2) is 34.4 Å². The fourth-order valence-electron chi connectivity index (χ4n) is 2.38. The van der Waals surface area contributed by atoms with E-state index in [1.165, 1.54) is 0 Å². The third kappa shape index (κ3) is 3.08. The van der Waals surface area contributed by atoms with Crippen molar-refractivity contribution in [3.63, 3.8) is 0 Å². The lowest BCUT2D eigenvalue weighted by Gasteiger charge is -2.29. The maximum atomic E-state index is 9.40. The van der Waals surface area contributed by atoms with Gasteiger partial charge in [0.1, 0.15) is 5.82 Å². The summed E-state index contributed by atoms with van der Waals surface area (Å²) in [5.41, 5.74) is 0.674. The molecule has 2 aromatic rings. The summed E-state index contributed by atoms with van der Waals surface area (Å²) in [5, 5.41) is 20.6. The van der Waals surface area contributed by atoms with Gasteiger partial charge in [-0.15, -0.1) is 0 Å². The van der Waals surface area contributed by atoms with E-state index in [0.717, 1.165) is 23.1 Å². The summed E-state index contributed by atoms with van der Waals surface area (Å²) in [4.78, 5) is 6.77. The number of aromatic nitrogens is 1. The third-order valence-electron chi connectivity index (χ3n) is 3.39. The van der Waals surface area contributed by atoms with E-state index in [9.17, 15) is 5.11 Å². The largest absolute Gasteiger partial charge is 0.396 e. The highest BCUT2D eigenvalue weighted by atomic mass is 16.3. The van der Waals surface area contributed by atoms with Gasteiger partial charge in [-0.3, -0.25) is 0 Å².